The van der Waals surface area contributed by atoms with Gasteiger partial charge in [-0.2, -0.15) is 5.10 Å². The van der Waals surface area contributed by atoms with Crippen molar-refractivity contribution in [3.63, 3.8) is 0 Å². The molecular formula is C13H14F3N3O2S. The lowest BCUT2D eigenvalue weighted by Gasteiger charge is -2.18. The van der Waals surface area contributed by atoms with Gasteiger partial charge in [0.2, 0.25) is 0 Å². The van der Waals surface area contributed by atoms with Crippen molar-refractivity contribution in [2.75, 3.05) is 4.72 Å². The predicted octanol–water partition coefficient (Wildman–Crippen LogP) is 2.86. The fourth-order valence-corrected chi connectivity index (χ4v) is 2.76. The SMILES string of the molecule is CC(C)(C)n1cc(NS(=O)(=O)c2cc(F)c(F)cc2F)cn1. The van der Waals surface area contributed by atoms with Gasteiger partial charge in [0.15, 0.2) is 11.6 Å². The highest BCUT2D eigenvalue weighted by Gasteiger charge is 2.23. The molecule has 0 aliphatic heterocycles. The molecule has 0 aliphatic rings. The van der Waals surface area contributed by atoms with Gasteiger partial charge in [0.1, 0.15) is 10.7 Å². The fraction of sp³-hybridized carbons (Fsp3) is 0.308. The second kappa shape index (κ2) is 5.31. The molecule has 0 spiro atoms. The molecule has 9 heteroatoms. The Kier molecular flexibility index (Phi) is 3.94. The fourth-order valence-electron chi connectivity index (χ4n) is 1.66. The second-order valence-corrected chi connectivity index (χ2v) is 7.30. The Balaban J connectivity index is 2.36. The van der Waals surface area contributed by atoms with Gasteiger partial charge in [-0.15, -0.1) is 0 Å². The van der Waals surface area contributed by atoms with Gasteiger partial charge in [0, 0.05) is 18.3 Å². The quantitative estimate of drug-likeness (QED) is 0.879. The van der Waals surface area contributed by atoms with E-state index in [1.807, 2.05) is 20.8 Å². The highest BCUT2D eigenvalue weighted by molar-refractivity contribution is 7.92. The first-order chi connectivity index (χ1) is 10.0. The molecule has 1 aromatic carbocycles. The van der Waals surface area contributed by atoms with E-state index in [2.05, 4.69) is 9.82 Å². The molecule has 0 saturated heterocycles. The normalized spacial score (nSPS) is 12.5. The summed E-state index contributed by atoms with van der Waals surface area (Å²) in [7, 11) is -4.40. The minimum absolute atomic E-state index is 0.0825. The number of sulfonamides is 1. The van der Waals surface area contributed by atoms with Crippen LogP contribution in [0.5, 0.6) is 0 Å². The number of hydrogen-bond acceptors (Lipinski definition) is 3. The smallest absolute Gasteiger partial charge is 0.265 e. The molecule has 0 atom stereocenters. The first-order valence-corrected chi connectivity index (χ1v) is 7.71. The van der Waals surface area contributed by atoms with Crippen LogP contribution in [0.4, 0.5) is 18.9 Å². The summed E-state index contributed by atoms with van der Waals surface area (Å²) in [5, 5.41) is 3.98. The van der Waals surface area contributed by atoms with Crippen LogP contribution in [0, 0.1) is 17.5 Å². The Morgan fingerprint density at radius 2 is 1.68 bits per heavy atom. The van der Waals surface area contributed by atoms with Gasteiger partial charge in [0.05, 0.1) is 17.4 Å². The highest BCUT2D eigenvalue weighted by atomic mass is 32.2. The summed E-state index contributed by atoms with van der Waals surface area (Å²) in [6.07, 6.45) is 2.65. The Labute approximate surface area is 125 Å². The predicted molar refractivity (Wildman–Crippen MR) is 74.3 cm³/mol. The Morgan fingerprint density at radius 3 is 2.23 bits per heavy atom. The molecule has 2 aromatic rings. The summed E-state index contributed by atoms with van der Waals surface area (Å²) < 4.78 is 67.3. The monoisotopic (exact) mass is 333 g/mol. The molecule has 22 heavy (non-hydrogen) atoms. The molecule has 0 radical (unpaired) electrons. The van der Waals surface area contributed by atoms with E-state index in [0.29, 0.717) is 6.07 Å². The number of halogens is 3. The average molecular weight is 333 g/mol. The lowest BCUT2D eigenvalue weighted by molar-refractivity contribution is 0.355. The van der Waals surface area contributed by atoms with Crippen molar-refractivity contribution in [2.24, 2.45) is 0 Å². The third-order valence-electron chi connectivity index (χ3n) is 2.79. The van der Waals surface area contributed by atoms with Crippen LogP contribution < -0.4 is 4.72 Å². The maximum Gasteiger partial charge on any atom is 0.265 e. The van der Waals surface area contributed by atoms with Gasteiger partial charge in [0.25, 0.3) is 10.0 Å². The first-order valence-electron chi connectivity index (χ1n) is 6.23. The van der Waals surface area contributed by atoms with E-state index >= 15 is 0 Å². The van der Waals surface area contributed by atoms with E-state index in [-0.39, 0.29) is 17.3 Å². The zero-order valence-electron chi connectivity index (χ0n) is 12.1. The molecule has 5 nitrogen and oxygen atoms in total. The largest absolute Gasteiger partial charge is 0.276 e. The van der Waals surface area contributed by atoms with Gasteiger partial charge in [-0.1, -0.05) is 0 Å². The van der Waals surface area contributed by atoms with Gasteiger partial charge in [-0.3, -0.25) is 9.40 Å². The summed E-state index contributed by atoms with van der Waals surface area (Å²) in [5.74, 6) is -4.29. The molecular weight excluding hydrogens is 319 g/mol. The summed E-state index contributed by atoms with van der Waals surface area (Å²) in [6.45, 7) is 5.56. The number of nitrogens with zero attached hydrogens (tertiary/aromatic N) is 2. The Hall–Kier alpha value is -2.03. The number of benzene rings is 1. The van der Waals surface area contributed by atoms with E-state index in [1.165, 1.54) is 17.1 Å². The average Bonchev–Trinajstić information content (AvgIpc) is 2.81. The van der Waals surface area contributed by atoms with Crippen molar-refractivity contribution < 1.29 is 21.6 Å². The van der Waals surface area contributed by atoms with Crippen LogP contribution in [0.25, 0.3) is 0 Å². The molecule has 1 N–H and O–H groups in total. The van der Waals surface area contributed by atoms with E-state index < -0.39 is 32.4 Å². The topological polar surface area (TPSA) is 64.0 Å². The van der Waals surface area contributed by atoms with Gasteiger partial charge in [-0.05, 0) is 20.8 Å². The third-order valence-corrected chi connectivity index (χ3v) is 4.18. The Bertz CT molecular complexity index is 810. The first kappa shape index (κ1) is 16.3. The van der Waals surface area contributed by atoms with Crippen LogP contribution in [-0.2, 0) is 15.6 Å². The van der Waals surface area contributed by atoms with Crippen LogP contribution >= 0.6 is 0 Å². The number of aromatic nitrogens is 2. The van der Waals surface area contributed by atoms with E-state index in [4.69, 9.17) is 0 Å². The molecule has 0 unspecified atom stereocenters. The highest BCUT2D eigenvalue weighted by Crippen LogP contribution is 2.22. The number of rotatable bonds is 3. The lowest BCUT2D eigenvalue weighted by atomic mass is 10.1. The van der Waals surface area contributed by atoms with Crippen molar-refractivity contribution in [1.82, 2.24) is 9.78 Å². The molecule has 0 amide bonds. The van der Waals surface area contributed by atoms with Crippen molar-refractivity contribution in [1.29, 1.82) is 0 Å². The lowest BCUT2D eigenvalue weighted by Crippen LogP contribution is -2.22. The van der Waals surface area contributed by atoms with Gasteiger partial charge >= 0.3 is 0 Å². The van der Waals surface area contributed by atoms with E-state index in [9.17, 15) is 21.6 Å². The summed E-state index contributed by atoms with van der Waals surface area (Å²) in [6, 6.07) is 0.476. The molecule has 0 aliphatic carbocycles. The summed E-state index contributed by atoms with van der Waals surface area (Å²) in [4.78, 5) is -0.977. The molecule has 0 fully saturated rings. The van der Waals surface area contributed by atoms with Crippen molar-refractivity contribution in [3.05, 3.63) is 42.0 Å². The van der Waals surface area contributed by atoms with E-state index in [1.54, 1.807) is 0 Å². The van der Waals surface area contributed by atoms with Crippen molar-refractivity contribution in [2.45, 2.75) is 31.2 Å². The Morgan fingerprint density at radius 1 is 1.09 bits per heavy atom. The zero-order chi connectivity index (χ0) is 16.7. The number of nitrogens with one attached hydrogen (secondary N) is 1. The maximum atomic E-state index is 13.6. The summed E-state index contributed by atoms with van der Waals surface area (Å²) in [5.41, 5.74) is -0.296. The van der Waals surface area contributed by atoms with Crippen molar-refractivity contribution in [3.8, 4) is 0 Å². The molecule has 1 heterocycles. The second-order valence-electron chi connectivity index (χ2n) is 5.65. The number of anilines is 1. The van der Waals surface area contributed by atoms with Crippen LogP contribution in [0.1, 0.15) is 20.8 Å². The standard InChI is InChI=1S/C13H14F3N3O2S/c1-13(2,3)19-7-8(6-17-19)18-22(20,21)12-5-10(15)9(14)4-11(12)16/h4-7,18H,1-3H3. The minimum atomic E-state index is -4.40. The zero-order valence-corrected chi connectivity index (χ0v) is 12.9. The van der Waals surface area contributed by atoms with Crippen LogP contribution in [0.3, 0.4) is 0 Å². The van der Waals surface area contributed by atoms with Crippen molar-refractivity contribution >= 4 is 15.7 Å². The van der Waals surface area contributed by atoms with Gasteiger partial charge < -0.3 is 0 Å². The van der Waals surface area contributed by atoms with Gasteiger partial charge in [-0.25, -0.2) is 21.6 Å². The third kappa shape index (κ3) is 3.24. The minimum Gasteiger partial charge on any atom is -0.276 e. The molecule has 0 bridgehead atoms. The summed E-state index contributed by atoms with van der Waals surface area (Å²) >= 11 is 0. The molecule has 0 saturated carbocycles. The molecule has 120 valence electrons. The van der Waals surface area contributed by atoms with E-state index in [0.717, 1.165) is 0 Å². The van der Waals surface area contributed by atoms with Crippen LogP contribution in [0.2, 0.25) is 0 Å². The maximum absolute atomic E-state index is 13.6. The molecule has 1 aromatic heterocycles. The van der Waals surface area contributed by atoms with Crippen LogP contribution in [-0.4, -0.2) is 18.2 Å². The molecule has 2 rings (SSSR count). The number of hydrogen-bond donors (Lipinski definition) is 1. The van der Waals surface area contributed by atoms with Crippen LogP contribution in [0.15, 0.2) is 29.4 Å².